The molecule has 3 aliphatic rings. The Kier molecular flexibility index (Phi) is 3.33. The fourth-order valence-electron chi connectivity index (χ4n) is 3.80. The number of nitrogens with one attached hydrogen (secondary N) is 2. The van der Waals surface area contributed by atoms with E-state index in [1.807, 2.05) is 6.07 Å². The second kappa shape index (κ2) is 5.23. The number of halogens is 1. The maximum Gasteiger partial charge on any atom is 0.315 e. The molecule has 5 heteroatoms. The van der Waals surface area contributed by atoms with Crippen molar-refractivity contribution in [2.24, 2.45) is 0 Å². The van der Waals surface area contributed by atoms with Crippen molar-refractivity contribution >= 4 is 6.03 Å². The Bertz CT molecular complexity index is 588. The lowest BCUT2D eigenvalue weighted by molar-refractivity contribution is 0.0981. The summed E-state index contributed by atoms with van der Waals surface area (Å²) in [6, 6.07) is 6.72. The van der Waals surface area contributed by atoms with Crippen LogP contribution in [-0.4, -0.2) is 30.8 Å². The lowest BCUT2D eigenvalue weighted by Gasteiger charge is -2.22. The van der Waals surface area contributed by atoms with E-state index >= 15 is 0 Å². The maximum atomic E-state index is 13.4. The van der Waals surface area contributed by atoms with Crippen LogP contribution in [-0.2, 0) is 10.2 Å². The van der Waals surface area contributed by atoms with Gasteiger partial charge < -0.3 is 15.4 Å². The quantitative estimate of drug-likeness (QED) is 0.898. The van der Waals surface area contributed by atoms with Crippen LogP contribution in [0.2, 0.25) is 0 Å². The molecular formula is C17H21FN2O2. The number of carbonyl (C=O) groups excluding carboxylic acids is 1. The first-order valence-electron chi connectivity index (χ1n) is 8.11. The number of fused-ring (bicyclic) bond motifs is 2. The van der Waals surface area contributed by atoms with Gasteiger partial charge in [-0.2, -0.15) is 0 Å². The highest BCUT2D eigenvalue weighted by atomic mass is 19.1. The van der Waals surface area contributed by atoms with Crippen molar-refractivity contribution in [2.75, 3.05) is 6.54 Å². The normalized spacial score (nSPS) is 31.0. The number of carbonyl (C=O) groups is 1. The van der Waals surface area contributed by atoms with E-state index in [0.29, 0.717) is 12.6 Å². The van der Waals surface area contributed by atoms with Crippen LogP contribution < -0.4 is 10.6 Å². The lowest BCUT2D eigenvalue weighted by Crippen LogP contribution is -2.48. The van der Waals surface area contributed by atoms with Gasteiger partial charge >= 0.3 is 6.03 Å². The van der Waals surface area contributed by atoms with Gasteiger partial charge in [-0.3, -0.25) is 0 Å². The SMILES string of the molecule is O=C(NCC1(c2cccc(F)c2)CC1)N[C@H]1C[C@H]2CC[C@H]1O2. The predicted octanol–water partition coefficient (Wildman–Crippen LogP) is 2.48. The molecule has 1 aliphatic carbocycles. The van der Waals surface area contributed by atoms with Crippen LogP contribution in [0, 0.1) is 5.82 Å². The average Bonchev–Trinajstić information content (AvgIpc) is 3.02. The fraction of sp³-hybridized carbons (Fsp3) is 0.588. The van der Waals surface area contributed by atoms with Crippen molar-refractivity contribution in [1.29, 1.82) is 0 Å². The van der Waals surface area contributed by atoms with Crippen LogP contribution in [0.25, 0.3) is 0 Å². The third-order valence-corrected chi connectivity index (χ3v) is 5.30. The molecule has 2 heterocycles. The molecule has 1 aromatic rings. The van der Waals surface area contributed by atoms with Crippen LogP contribution in [0.4, 0.5) is 9.18 Å². The molecule has 22 heavy (non-hydrogen) atoms. The Labute approximate surface area is 129 Å². The summed E-state index contributed by atoms with van der Waals surface area (Å²) in [7, 11) is 0. The van der Waals surface area contributed by atoms with Crippen molar-refractivity contribution in [3.05, 3.63) is 35.6 Å². The number of ether oxygens (including phenoxy) is 1. The van der Waals surface area contributed by atoms with Crippen LogP contribution >= 0.6 is 0 Å². The van der Waals surface area contributed by atoms with E-state index in [1.54, 1.807) is 12.1 Å². The standard InChI is InChI=1S/C17H21FN2O2/c18-12-3-1-2-11(8-12)17(6-7-17)10-19-16(21)20-14-9-13-4-5-15(14)22-13/h1-3,8,13-15H,4-7,9-10H2,(H2,19,20,21)/t13-,14+,15-/m1/s1. The first-order valence-corrected chi connectivity index (χ1v) is 8.11. The first kappa shape index (κ1) is 14.0. The summed E-state index contributed by atoms with van der Waals surface area (Å²) in [5.41, 5.74) is 0.904. The molecule has 0 unspecified atom stereocenters. The summed E-state index contributed by atoms with van der Waals surface area (Å²) in [4.78, 5) is 12.1. The molecule has 0 aromatic heterocycles. The molecule has 2 saturated heterocycles. The maximum absolute atomic E-state index is 13.4. The minimum atomic E-state index is -0.215. The first-order chi connectivity index (χ1) is 10.6. The number of benzene rings is 1. The highest BCUT2D eigenvalue weighted by Crippen LogP contribution is 2.47. The zero-order valence-electron chi connectivity index (χ0n) is 12.5. The Morgan fingerprint density at radius 1 is 1.36 bits per heavy atom. The van der Waals surface area contributed by atoms with E-state index in [1.165, 1.54) is 6.07 Å². The minimum Gasteiger partial charge on any atom is -0.373 e. The molecule has 2 amide bonds. The van der Waals surface area contributed by atoms with E-state index in [-0.39, 0.29) is 29.4 Å². The van der Waals surface area contributed by atoms with Crippen LogP contribution in [0.15, 0.2) is 24.3 Å². The van der Waals surface area contributed by atoms with Crippen LogP contribution in [0.5, 0.6) is 0 Å². The van der Waals surface area contributed by atoms with Gasteiger partial charge in [0.05, 0.1) is 18.2 Å². The van der Waals surface area contributed by atoms with Gasteiger partial charge in [0.15, 0.2) is 0 Å². The number of rotatable bonds is 4. The van der Waals surface area contributed by atoms with Crippen LogP contribution in [0.1, 0.15) is 37.7 Å². The van der Waals surface area contributed by atoms with Crippen molar-refractivity contribution in [3.63, 3.8) is 0 Å². The monoisotopic (exact) mass is 304 g/mol. The predicted molar refractivity (Wildman–Crippen MR) is 80.1 cm³/mol. The Morgan fingerprint density at radius 3 is 2.86 bits per heavy atom. The molecule has 3 fully saturated rings. The summed E-state index contributed by atoms with van der Waals surface area (Å²) < 4.78 is 19.1. The largest absolute Gasteiger partial charge is 0.373 e. The number of hydrogen-bond acceptors (Lipinski definition) is 2. The summed E-state index contributed by atoms with van der Waals surface area (Å²) >= 11 is 0. The van der Waals surface area contributed by atoms with E-state index in [0.717, 1.165) is 37.7 Å². The highest BCUT2D eigenvalue weighted by Gasteiger charge is 2.45. The van der Waals surface area contributed by atoms with Gasteiger partial charge in [-0.05, 0) is 49.8 Å². The number of hydrogen-bond donors (Lipinski definition) is 2. The molecule has 0 radical (unpaired) electrons. The molecule has 118 valence electrons. The van der Waals surface area contributed by atoms with Gasteiger partial charge in [-0.1, -0.05) is 12.1 Å². The van der Waals surface area contributed by atoms with E-state index in [4.69, 9.17) is 4.74 Å². The van der Waals surface area contributed by atoms with Crippen molar-refractivity contribution < 1.29 is 13.9 Å². The molecule has 1 saturated carbocycles. The molecule has 3 atom stereocenters. The summed E-state index contributed by atoms with van der Waals surface area (Å²) in [6.45, 7) is 0.559. The summed E-state index contributed by atoms with van der Waals surface area (Å²) in [6.07, 6.45) is 5.59. The highest BCUT2D eigenvalue weighted by molar-refractivity contribution is 5.74. The Hall–Kier alpha value is -1.62. The van der Waals surface area contributed by atoms with Gasteiger partial charge in [0.2, 0.25) is 0 Å². The summed E-state index contributed by atoms with van der Waals surface area (Å²) in [5, 5.41) is 5.99. The second-order valence-electron chi connectivity index (χ2n) is 6.83. The van der Waals surface area contributed by atoms with E-state index < -0.39 is 0 Å². The molecule has 1 aromatic carbocycles. The Morgan fingerprint density at radius 2 is 2.23 bits per heavy atom. The zero-order valence-corrected chi connectivity index (χ0v) is 12.5. The average molecular weight is 304 g/mol. The molecule has 2 N–H and O–H groups in total. The molecule has 4 nitrogen and oxygen atoms in total. The molecular weight excluding hydrogens is 283 g/mol. The van der Waals surface area contributed by atoms with E-state index in [2.05, 4.69) is 10.6 Å². The van der Waals surface area contributed by atoms with Gasteiger partial charge in [-0.15, -0.1) is 0 Å². The molecule has 4 rings (SSSR count). The minimum absolute atomic E-state index is 0.0787. The van der Waals surface area contributed by atoms with Gasteiger partial charge in [0, 0.05) is 12.0 Å². The fourth-order valence-corrected chi connectivity index (χ4v) is 3.80. The zero-order chi connectivity index (χ0) is 15.2. The van der Waals surface area contributed by atoms with Crippen molar-refractivity contribution in [1.82, 2.24) is 10.6 Å². The molecule has 2 aliphatic heterocycles. The second-order valence-corrected chi connectivity index (χ2v) is 6.83. The Balaban J connectivity index is 1.32. The number of amides is 2. The van der Waals surface area contributed by atoms with Crippen molar-refractivity contribution in [2.45, 2.75) is 55.8 Å². The topological polar surface area (TPSA) is 50.4 Å². The summed E-state index contributed by atoms with van der Waals surface area (Å²) in [5.74, 6) is -0.215. The molecule has 0 spiro atoms. The van der Waals surface area contributed by atoms with Gasteiger partial charge in [0.1, 0.15) is 5.82 Å². The van der Waals surface area contributed by atoms with Gasteiger partial charge in [0.25, 0.3) is 0 Å². The smallest absolute Gasteiger partial charge is 0.315 e. The number of urea groups is 1. The van der Waals surface area contributed by atoms with E-state index in [9.17, 15) is 9.18 Å². The third kappa shape index (κ3) is 2.58. The molecule has 2 bridgehead atoms. The third-order valence-electron chi connectivity index (χ3n) is 5.30. The lowest BCUT2D eigenvalue weighted by atomic mass is 9.95. The van der Waals surface area contributed by atoms with Crippen molar-refractivity contribution in [3.8, 4) is 0 Å². The van der Waals surface area contributed by atoms with Gasteiger partial charge in [-0.25, -0.2) is 9.18 Å². The van der Waals surface area contributed by atoms with Crippen LogP contribution in [0.3, 0.4) is 0 Å².